The van der Waals surface area contributed by atoms with Gasteiger partial charge in [-0.1, -0.05) is 41.1 Å². The molecule has 0 atom stereocenters. The quantitative estimate of drug-likeness (QED) is 0.706. The van der Waals surface area contributed by atoms with E-state index in [-0.39, 0.29) is 5.78 Å². The van der Waals surface area contributed by atoms with Gasteiger partial charge in [-0.25, -0.2) is 0 Å². The smallest absolute Gasteiger partial charge is 0.164 e. The molecule has 0 radical (unpaired) electrons. The summed E-state index contributed by atoms with van der Waals surface area (Å²) in [5.41, 5.74) is 0.676. The summed E-state index contributed by atoms with van der Waals surface area (Å²) in [7, 11) is 0. The Hall–Kier alpha value is -1.61. The van der Waals surface area contributed by atoms with Crippen molar-refractivity contribution in [3.05, 3.63) is 58.6 Å². The highest BCUT2D eigenvalue weighted by Crippen LogP contribution is 2.27. The fourth-order valence-electron chi connectivity index (χ4n) is 1.77. The van der Waals surface area contributed by atoms with Crippen LogP contribution < -0.4 is 4.74 Å². The standard InChI is InChI=1S/C16H15BrO2/c1-2-6-16(18)14-11-13(9-10-15(14)17)19-12-7-4-3-5-8-12/h3-5,7-11H,2,6H2,1H3. The van der Waals surface area contributed by atoms with E-state index in [9.17, 15) is 4.79 Å². The number of benzene rings is 2. The number of carbonyl (C=O) groups is 1. The van der Waals surface area contributed by atoms with Gasteiger partial charge in [-0.05, 0) is 36.8 Å². The minimum Gasteiger partial charge on any atom is -0.457 e. The van der Waals surface area contributed by atoms with E-state index in [1.54, 1.807) is 6.07 Å². The van der Waals surface area contributed by atoms with Crippen molar-refractivity contribution in [1.82, 2.24) is 0 Å². The van der Waals surface area contributed by atoms with Gasteiger partial charge in [0.05, 0.1) is 0 Å². The molecule has 0 unspecified atom stereocenters. The summed E-state index contributed by atoms with van der Waals surface area (Å²) in [5, 5.41) is 0. The third kappa shape index (κ3) is 3.67. The predicted molar refractivity (Wildman–Crippen MR) is 79.9 cm³/mol. The van der Waals surface area contributed by atoms with Gasteiger partial charge in [-0.3, -0.25) is 4.79 Å². The fraction of sp³-hybridized carbons (Fsp3) is 0.188. The number of hydrogen-bond acceptors (Lipinski definition) is 2. The first kappa shape index (κ1) is 13.8. The third-order valence-corrected chi connectivity index (χ3v) is 3.39. The lowest BCUT2D eigenvalue weighted by Gasteiger charge is -2.08. The van der Waals surface area contributed by atoms with E-state index in [1.165, 1.54) is 0 Å². The van der Waals surface area contributed by atoms with Crippen LogP contribution in [0.3, 0.4) is 0 Å². The molecule has 0 heterocycles. The van der Waals surface area contributed by atoms with Crippen molar-refractivity contribution in [2.45, 2.75) is 19.8 Å². The summed E-state index contributed by atoms with van der Waals surface area (Å²) in [5.74, 6) is 1.57. The summed E-state index contributed by atoms with van der Waals surface area (Å²) in [6.07, 6.45) is 1.39. The highest BCUT2D eigenvalue weighted by molar-refractivity contribution is 9.10. The van der Waals surface area contributed by atoms with Crippen molar-refractivity contribution in [3.8, 4) is 11.5 Å². The summed E-state index contributed by atoms with van der Waals surface area (Å²) < 4.78 is 6.54. The van der Waals surface area contributed by atoms with Crippen LogP contribution in [0.5, 0.6) is 11.5 Å². The number of carbonyl (C=O) groups excluding carboxylic acids is 1. The number of para-hydroxylation sites is 1. The van der Waals surface area contributed by atoms with Crippen molar-refractivity contribution in [3.63, 3.8) is 0 Å². The first-order chi connectivity index (χ1) is 9.20. The van der Waals surface area contributed by atoms with Gasteiger partial charge in [0.2, 0.25) is 0 Å². The molecule has 0 aliphatic rings. The molecule has 0 aliphatic carbocycles. The Bertz CT molecular complexity index is 564. The van der Waals surface area contributed by atoms with Gasteiger partial charge in [0, 0.05) is 16.5 Å². The van der Waals surface area contributed by atoms with Crippen LogP contribution in [0.25, 0.3) is 0 Å². The Morgan fingerprint density at radius 2 is 1.84 bits per heavy atom. The Morgan fingerprint density at radius 3 is 2.53 bits per heavy atom. The molecule has 0 saturated carbocycles. The lowest BCUT2D eigenvalue weighted by atomic mass is 10.1. The number of Topliss-reactive ketones (excluding diaryl/α,β-unsaturated/α-hetero) is 1. The molecule has 2 aromatic rings. The van der Waals surface area contributed by atoms with Crippen LogP contribution in [0, 0.1) is 0 Å². The highest BCUT2D eigenvalue weighted by Gasteiger charge is 2.10. The van der Waals surface area contributed by atoms with E-state index in [0.29, 0.717) is 17.7 Å². The zero-order valence-corrected chi connectivity index (χ0v) is 12.3. The minimum atomic E-state index is 0.132. The molecule has 2 nitrogen and oxygen atoms in total. The maximum atomic E-state index is 12.0. The molecule has 19 heavy (non-hydrogen) atoms. The molecule has 2 aromatic carbocycles. The van der Waals surface area contributed by atoms with Crippen LogP contribution in [-0.2, 0) is 0 Å². The van der Waals surface area contributed by atoms with Gasteiger partial charge >= 0.3 is 0 Å². The second-order valence-electron chi connectivity index (χ2n) is 4.23. The number of ketones is 1. The number of ether oxygens (including phenoxy) is 1. The Kier molecular flexibility index (Phi) is 4.74. The van der Waals surface area contributed by atoms with Crippen LogP contribution in [0.1, 0.15) is 30.1 Å². The van der Waals surface area contributed by atoms with E-state index in [1.807, 2.05) is 49.4 Å². The molecule has 0 spiro atoms. The number of rotatable bonds is 5. The minimum absolute atomic E-state index is 0.132. The molecule has 0 amide bonds. The van der Waals surface area contributed by atoms with Gasteiger partial charge in [-0.2, -0.15) is 0 Å². The van der Waals surface area contributed by atoms with E-state index in [2.05, 4.69) is 15.9 Å². The van der Waals surface area contributed by atoms with Crippen LogP contribution in [0.15, 0.2) is 53.0 Å². The molecular weight excluding hydrogens is 304 g/mol. The third-order valence-electron chi connectivity index (χ3n) is 2.69. The normalized spacial score (nSPS) is 10.2. The second-order valence-corrected chi connectivity index (χ2v) is 5.08. The lowest BCUT2D eigenvalue weighted by Crippen LogP contribution is -1.99. The average Bonchev–Trinajstić information content (AvgIpc) is 2.42. The summed E-state index contributed by atoms with van der Waals surface area (Å²) in [6.45, 7) is 2.00. The molecule has 0 fully saturated rings. The summed E-state index contributed by atoms with van der Waals surface area (Å²) in [4.78, 5) is 12.0. The zero-order chi connectivity index (χ0) is 13.7. The Morgan fingerprint density at radius 1 is 1.11 bits per heavy atom. The van der Waals surface area contributed by atoms with Crippen molar-refractivity contribution >= 4 is 21.7 Å². The Labute approximate surface area is 121 Å². The second kappa shape index (κ2) is 6.53. The van der Waals surface area contributed by atoms with Crippen molar-refractivity contribution < 1.29 is 9.53 Å². The maximum absolute atomic E-state index is 12.0. The molecule has 3 heteroatoms. The largest absolute Gasteiger partial charge is 0.457 e. The molecule has 0 aliphatic heterocycles. The topological polar surface area (TPSA) is 26.3 Å². The number of hydrogen-bond donors (Lipinski definition) is 0. The summed E-state index contributed by atoms with van der Waals surface area (Å²) >= 11 is 3.41. The first-order valence-corrected chi connectivity index (χ1v) is 7.05. The monoisotopic (exact) mass is 318 g/mol. The fourth-order valence-corrected chi connectivity index (χ4v) is 2.24. The maximum Gasteiger partial charge on any atom is 0.164 e. The summed E-state index contributed by atoms with van der Waals surface area (Å²) in [6, 6.07) is 15.0. The van der Waals surface area contributed by atoms with Crippen LogP contribution in [-0.4, -0.2) is 5.78 Å². The predicted octanol–water partition coefficient (Wildman–Crippen LogP) is 5.22. The van der Waals surface area contributed by atoms with Gasteiger partial charge in [0.1, 0.15) is 11.5 Å². The molecule has 98 valence electrons. The lowest BCUT2D eigenvalue weighted by molar-refractivity contribution is 0.0980. The van der Waals surface area contributed by atoms with E-state index >= 15 is 0 Å². The SMILES string of the molecule is CCCC(=O)c1cc(Oc2ccccc2)ccc1Br. The van der Waals surface area contributed by atoms with E-state index < -0.39 is 0 Å². The molecule has 0 saturated heterocycles. The van der Waals surface area contributed by atoms with Gasteiger partial charge in [-0.15, -0.1) is 0 Å². The van der Waals surface area contributed by atoms with Crippen molar-refractivity contribution in [2.75, 3.05) is 0 Å². The number of halogens is 1. The van der Waals surface area contributed by atoms with E-state index in [4.69, 9.17) is 4.74 Å². The van der Waals surface area contributed by atoms with Crippen molar-refractivity contribution in [2.24, 2.45) is 0 Å². The zero-order valence-electron chi connectivity index (χ0n) is 10.7. The van der Waals surface area contributed by atoms with Crippen molar-refractivity contribution in [1.29, 1.82) is 0 Å². The van der Waals surface area contributed by atoms with Gasteiger partial charge < -0.3 is 4.74 Å². The average molecular weight is 319 g/mol. The van der Waals surface area contributed by atoms with Crippen LogP contribution >= 0.6 is 15.9 Å². The highest BCUT2D eigenvalue weighted by atomic mass is 79.9. The van der Waals surface area contributed by atoms with E-state index in [0.717, 1.165) is 16.6 Å². The molecule has 0 aromatic heterocycles. The van der Waals surface area contributed by atoms with Crippen LogP contribution in [0.4, 0.5) is 0 Å². The molecule has 0 bridgehead atoms. The molecule has 2 rings (SSSR count). The van der Waals surface area contributed by atoms with Gasteiger partial charge in [0.25, 0.3) is 0 Å². The molecular formula is C16H15BrO2. The van der Waals surface area contributed by atoms with Crippen LogP contribution in [0.2, 0.25) is 0 Å². The Balaban J connectivity index is 2.23. The molecule has 0 N–H and O–H groups in total. The first-order valence-electron chi connectivity index (χ1n) is 6.26. The van der Waals surface area contributed by atoms with Gasteiger partial charge in [0.15, 0.2) is 5.78 Å².